The van der Waals surface area contributed by atoms with E-state index < -0.39 is 0 Å². The van der Waals surface area contributed by atoms with Crippen LogP contribution in [0, 0.1) is 0 Å². The van der Waals surface area contributed by atoms with E-state index >= 15 is 0 Å². The zero-order valence-corrected chi connectivity index (χ0v) is 11.0. The third-order valence-electron chi connectivity index (χ3n) is 2.33. The van der Waals surface area contributed by atoms with Crippen molar-refractivity contribution < 1.29 is 4.74 Å². The van der Waals surface area contributed by atoms with Gasteiger partial charge in [0.2, 0.25) is 0 Å². The van der Waals surface area contributed by atoms with Crippen LogP contribution in [0.3, 0.4) is 0 Å². The lowest BCUT2D eigenvalue weighted by molar-refractivity contribution is 0.415. The monoisotopic (exact) mass is 289 g/mol. The molecule has 0 unspecified atom stereocenters. The Hall–Kier alpha value is -1.61. The molecule has 0 aliphatic carbocycles. The van der Waals surface area contributed by atoms with Crippen molar-refractivity contribution in [3.05, 3.63) is 58.3 Å². The Labute approximate surface area is 109 Å². The first-order valence-electron chi connectivity index (χ1n) is 5.21. The molecular formula is C14H12BrNO. The number of nitrogens with zero attached hydrogens (tertiary/aromatic N) is 1. The number of halogens is 1. The molecule has 2 aromatic rings. The van der Waals surface area contributed by atoms with Gasteiger partial charge in [0.1, 0.15) is 10.4 Å². The molecule has 2 rings (SSSR count). The van der Waals surface area contributed by atoms with Gasteiger partial charge in [-0.25, -0.2) is 4.98 Å². The van der Waals surface area contributed by atoms with Crippen LogP contribution in [0.25, 0.3) is 12.2 Å². The van der Waals surface area contributed by atoms with E-state index in [0.717, 1.165) is 21.5 Å². The summed E-state index contributed by atoms with van der Waals surface area (Å²) in [5, 5.41) is 0. The summed E-state index contributed by atoms with van der Waals surface area (Å²) in [4.78, 5) is 4.08. The normalized spacial score (nSPS) is 10.7. The minimum atomic E-state index is 0.842. The summed E-state index contributed by atoms with van der Waals surface area (Å²) in [6, 6.07) is 11.9. The molecule has 1 aromatic carbocycles. The second kappa shape index (κ2) is 5.64. The molecule has 0 spiro atoms. The first kappa shape index (κ1) is 11.9. The van der Waals surface area contributed by atoms with Gasteiger partial charge in [-0.1, -0.05) is 24.3 Å². The summed E-state index contributed by atoms with van der Waals surface area (Å²) < 4.78 is 5.95. The lowest BCUT2D eigenvalue weighted by Crippen LogP contribution is -1.81. The van der Waals surface area contributed by atoms with E-state index in [2.05, 4.69) is 27.0 Å². The highest BCUT2D eigenvalue weighted by atomic mass is 79.9. The maximum Gasteiger partial charge on any atom is 0.118 e. The molecule has 0 saturated carbocycles. The molecule has 0 fully saturated rings. The van der Waals surface area contributed by atoms with Gasteiger partial charge in [0.05, 0.1) is 7.11 Å². The predicted molar refractivity (Wildman–Crippen MR) is 73.9 cm³/mol. The quantitative estimate of drug-likeness (QED) is 0.796. The summed E-state index contributed by atoms with van der Waals surface area (Å²) in [5.74, 6) is 0.869. The molecule has 2 nitrogen and oxygen atoms in total. The van der Waals surface area contributed by atoms with Crippen LogP contribution in [0.5, 0.6) is 5.75 Å². The predicted octanol–water partition coefficient (Wildman–Crippen LogP) is 4.02. The largest absolute Gasteiger partial charge is 0.497 e. The van der Waals surface area contributed by atoms with Gasteiger partial charge in [-0.2, -0.15) is 0 Å². The van der Waals surface area contributed by atoms with E-state index in [0.29, 0.717) is 0 Å². The van der Waals surface area contributed by atoms with Crippen molar-refractivity contribution in [2.75, 3.05) is 7.11 Å². The Bertz CT molecular complexity index is 520. The topological polar surface area (TPSA) is 22.1 Å². The van der Waals surface area contributed by atoms with Crippen molar-refractivity contribution in [1.29, 1.82) is 0 Å². The number of pyridine rings is 1. The molecule has 0 saturated heterocycles. The summed E-state index contributed by atoms with van der Waals surface area (Å²) >= 11 is 3.35. The summed E-state index contributed by atoms with van der Waals surface area (Å²) in [6.45, 7) is 0. The highest BCUT2D eigenvalue weighted by molar-refractivity contribution is 9.10. The van der Waals surface area contributed by atoms with Crippen molar-refractivity contribution in [2.24, 2.45) is 0 Å². The minimum absolute atomic E-state index is 0.842. The van der Waals surface area contributed by atoms with Crippen LogP contribution in [-0.4, -0.2) is 12.1 Å². The van der Waals surface area contributed by atoms with E-state index in [1.165, 1.54) is 0 Å². The molecular weight excluding hydrogens is 278 g/mol. The highest BCUT2D eigenvalue weighted by Gasteiger charge is 1.92. The number of methoxy groups -OCH3 is 1. The van der Waals surface area contributed by atoms with Gasteiger partial charge in [0.25, 0.3) is 0 Å². The Morgan fingerprint density at radius 3 is 2.41 bits per heavy atom. The molecule has 0 aliphatic heterocycles. The SMILES string of the molecule is COc1ccc(/C=C/c2ccnc(Br)c2)cc1. The molecule has 3 heteroatoms. The van der Waals surface area contributed by atoms with Gasteiger partial charge >= 0.3 is 0 Å². The number of rotatable bonds is 3. The zero-order chi connectivity index (χ0) is 12.1. The van der Waals surface area contributed by atoms with E-state index in [1.54, 1.807) is 13.3 Å². The second-order valence-electron chi connectivity index (χ2n) is 3.52. The van der Waals surface area contributed by atoms with Gasteiger partial charge in [-0.05, 0) is 51.3 Å². The second-order valence-corrected chi connectivity index (χ2v) is 4.33. The van der Waals surface area contributed by atoms with Crippen LogP contribution in [0.1, 0.15) is 11.1 Å². The van der Waals surface area contributed by atoms with Crippen molar-refractivity contribution in [3.63, 3.8) is 0 Å². The number of hydrogen-bond acceptors (Lipinski definition) is 2. The number of benzene rings is 1. The van der Waals surface area contributed by atoms with Crippen LogP contribution in [0.15, 0.2) is 47.2 Å². The molecule has 1 heterocycles. The van der Waals surface area contributed by atoms with Gasteiger partial charge in [0.15, 0.2) is 0 Å². The molecule has 0 amide bonds. The third-order valence-corrected chi connectivity index (χ3v) is 2.77. The van der Waals surface area contributed by atoms with E-state index in [4.69, 9.17) is 4.74 Å². The summed E-state index contributed by atoms with van der Waals surface area (Å²) in [5.41, 5.74) is 2.25. The average molecular weight is 290 g/mol. The fraction of sp³-hybridized carbons (Fsp3) is 0.0714. The number of ether oxygens (including phenoxy) is 1. The Balaban J connectivity index is 2.14. The number of hydrogen-bond donors (Lipinski definition) is 0. The van der Waals surface area contributed by atoms with Gasteiger partial charge < -0.3 is 4.74 Å². The van der Waals surface area contributed by atoms with E-state index in [-0.39, 0.29) is 0 Å². The maximum atomic E-state index is 5.11. The average Bonchev–Trinajstić information content (AvgIpc) is 2.37. The first-order valence-corrected chi connectivity index (χ1v) is 6.01. The van der Waals surface area contributed by atoms with Crippen molar-refractivity contribution in [1.82, 2.24) is 4.98 Å². The molecule has 0 N–H and O–H groups in total. The van der Waals surface area contributed by atoms with Crippen LogP contribution in [0.4, 0.5) is 0 Å². The fourth-order valence-electron chi connectivity index (χ4n) is 1.43. The zero-order valence-electron chi connectivity index (χ0n) is 9.43. The van der Waals surface area contributed by atoms with E-state index in [1.807, 2.05) is 42.5 Å². The lowest BCUT2D eigenvalue weighted by atomic mass is 10.1. The molecule has 0 bridgehead atoms. The molecule has 1 aromatic heterocycles. The molecule has 0 aliphatic rings. The van der Waals surface area contributed by atoms with E-state index in [9.17, 15) is 0 Å². The van der Waals surface area contributed by atoms with Crippen molar-refractivity contribution in [2.45, 2.75) is 0 Å². The molecule has 86 valence electrons. The van der Waals surface area contributed by atoms with Crippen molar-refractivity contribution >= 4 is 28.1 Å². The van der Waals surface area contributed by atoms with Crippen LogP contribution < -0.4 is 4.74 Å². The third kappa shape index (κ3) is 3.43. The smallest absolute Gasteiger partial charge is 0.118 e. The maximum absolute atomic E-state index is 5.11. The Morgan fingerprint density at radius 1 is 1.06 bits per heavy atom. The molecule has 17 heavy (non-hydrogen) atoms. The van der Waals surface area contributed by atoms with Crippen LogP contribution >= 0.6 is 15.9 Å². The number of aromatic nitrogens is 1. The summed E-state index contributed by atoms with van der Waals surface area (Å²) in [7, 11) is 1.67. The van der Waals surface area contributed by atoms with Gasteiger partial charge in [-0.3, -0.25) is 0 Å². The van der Waals surface area contributed by atoms with Crippen LogP contribution in [0.2, 0.25) is 0 Å². The highest BCUT2D eigenvalue weighted by Crippen LogP contribution is 2.15. The Kier molecular flexibility index (Phi) is 3.94. The lowest BCUT2D eigenvalue weighted by Gasteiger charge is -1.99. The van der Waals surface area contributed by atoms with Crippen LogP contribution in [-0.2, 0) is 0 Å². The van der Waals surface area contributed by atoms with Gasteiger partial charge in [0, 0.05) is 6.20 Å². The van der Waals surface area contributed by atoms with Gasteiger partial charge in [-0.15, -0.1) is 0 Å². The molecule has 0 atom stereocenters. The van der Waals surface area contributed by atoms with Crippen molar-refractivity contribution in [3.8, 4) is 5.75 Å². The first-order chi connectivity index (χ1) is 8.28. The standard InChI is InChI=1S/C14H12BrNO/c1-17-13-6-4-11(5-7-13)2-3-12-8-9-16-14(15)10-12/h2-10H,1H3/b3-2+. The Morgan fingerprint density at radius 2 is 1.76 bits per heavy atom. The summed E-state index contributed by atoms with van der Waals surface area (Å²) in [6.07, 6.45) is 5.88. The fourth-order valence-corrected chi connectivity index (χ4v) is 1.81. The molecule has 0 radical (unpaired) electrons. The minimum Gasteiger partial charge on any atom is -0.497 e.